The fraction of sp³-hybridized carbons (Fsp3) is 0.375. The largest absolute Gasteiger partial charge is 0.497 e. The zero-order valence-electron chi connectivity index (χ0n) is 18.3. The summed E-state index contributed by atoms with van der Waals surface area (Å²) in [6, 6.07) is 13.0. The van der Waals surface area contributed by atoms with Gasteiger partial charge < -0.3 is 20.7 Å². The van der Waals surface area contributed by atoms with Crippen molar-refractivity contribution in [1.29, 1.82) is 0 Å². The third kappa shape index (κ3) is 5.63. The van der Waals surface area contributed by atoms with Crippen LogP contribution >= 0.6 is 0 Å². The van der Waals surface area contributed by atoms with Crippen LogP contribution in [0.3, 0.4) is 0 Å². The number of carbonyl (C=O) groups is 3. The monoisotopic (exact) mass is 423 g/mol. The summed E-state index contributed by atoms with van der Waals surface area (Å²) < 4.78 is 5.18. The molecule has 3 N–H and O–H groups in total. The summed E-state index contributed by atoms with van der Waals surface area (Å²) >= 11 is 0. The number of amides is 3. The summed E-state index contributed by atoms with van der Waals surface area (Å²) in [5.41, 5.74) is 2.41. The highest BCUT2D eigenvalue weighted by Crippen LogP contribution is 2.25. The first-order valence-corrected chi connectivity index (χ1v) is 10.3. The smallest absolute Gasteiger partial charge is 0.251 e. The zero-order valence-corrected chi connectivity index (χ0v) is 18.3. The minimum absolute atomic E-state index is 0.00780. The van der Waals surface area contributed by atoms with Gasteiger partial charge in [0.25, 0.3) is 5.91 Å². The van der Waals surface area contributed by atoms with Crippen LogP contribution in [0, 0.1) is 0 Å². The van der Waals surface area contributed by atoms with Crippen LogP contribution in [0.5, 0.6) is 5.75 Å². The molecule has 0 bridgehead atoms. The van der Waals surface area contributed by atoms with Crippen LogP contribution in [0.4, 0.5) is 5.69 Å². The summed E-state index contributed by atoms with van der Waals surface area (Å²) in [6.45, 7) is 6.37. The molecule has 3 amide bonds. The zero-order chi connectivity index (χ0) is 22.6. The van der Waals surface area contributed by atoms with Crippen LogP contribution in [-0.4, -0.2) is 30.9 Å². The van der Waals surface area contributed by atoms with Crippen molar-refractivity contribution >= 4 is 23.4 Å². The van der Waals surface area contributed by atoms with Gasteiger partial charge in [0, 0.05) is 12.1 Å². The van der Waals surface area contributed by atoms with Gasteiger partial charge in [-0.3, -0.25) is 14.4 Å². The van der Waals surface area contributed by atoms with Crippen molar-refractivity contribution in [2.24, 2.45) is 0 Å². The molecule has 0 aromatic heterocycles. The first kappa shape index (κ1) is 22.3. The molecule has 2 aromatic rings. The lowest BCUT2D eigenvalue weighted by molar-refractivity contribution is -0.128. The summed E-state index contributed by atoms with van der Waals surface area (Å²) in [5.74, 6) is -0.268. The molecule has 1 fully saturated rings. The van der Waals surface area contributed by atoms with Gasteiger partial charge in [-0.15, -0.1) is 0 Å². The van der Waals surface area contributed by atoms with Gasteiger partial charge in [-0.25, -0.2) is 0 Å². The third-order valence-electron chi connectivity index (χ3n) is 5.33. The van der Waals surface area contributed by atoms with E-state index in [1.165, 1.54) is 0 Å². The standard InChI is InChI=1S/C24H29N3O4/c1-24(2,3)16-7-9-17(10-8-16)25-23(30)21(15-5-11-18(31-4)12-6-15)27-22(29)19-13-14-20(28)26-19/h5-12,19,21H,13-14H2,1-4H3,(H,25,30)(H,26,28)(H,27,29)/t19-,21?/m0/s1. The Morgan fingerprint density at radius 2 is 1.71 bits per heavy atom. The molecule has 1 saturated heterocycles. The Balaban J connectivity index is 1.79. The first-order valence-electron chi connectivity index (χ1n) is 10.3. The van der Waals surface area contributed by atoms with E-state index < -0.39 is 12.1 Å². The van der Waals surface area contributed by atoms with Crippen LogP contribution in [0.1, 0.15) is 50.8 Å². The quantitative estimate of drug-likeness (QED) is 0.665. The normalized spacial score (nSPS) is 16.9. The summed E-state index contributed by atoms with van der Waals surface area (Å²) in [5, 5.41) is 8.30. The second kappa shape index (κ2) is 9.20. The second-order valence-electron chi connectivity index (χ2n) is 8.69. The van der Waals surface area contributed by atoms with Gasteiger partial charge in [0.2, 0.25) is 11.8 Å². The van der Waals surface area contributed by atoms with Crippen molar-refractivity contribution in [2.45, 2.75) is 51.1 Å². The average Bonchev–Trinajstić information content (AvgIpc) is 3.18. The Hall–Kier alpha value is -3.35. The fourth-order valence-corrected chi connectivity index (χ4v) is 3.42. The summed E-state index contributed by atoms with van der Waals surface area (Å²) in [6.07, 6.45) is 0.716. The van der Waals surface area contributed by atoms with Crippen molar-refractivity contribution in [3.05, 3.63) is 59.7 Å². The molecule has 7 nitrogen and oxygen atoms in total. The third-order valence-corrected chi connectivity index (χ3v) is 5.33. The molecule has 1 aliphatic heterocycles. The van der Waals surface area contributed by atoms with Crippen molar-refractivity contribution in [3.63, 3.8) is 0 Å². The van der Waals surface area contributed by atoms with Gasteiger partial charge in [-0.2, -0.15) is 0 Å². The van der Waals surface area contributed by atoms with E-state index in [0.29, 0.717) is 29.8 Å². The number of ether oxygens (including phenoxy) is 1. The molecule has 7 heteroatoms. The van der Waals surface area contributed by atoms with E-state index in [1.807, 2.05) is 24.3 Å². The SMILES string of the molecule is COc1ccc(C(NC(=O)[C@@H]2CCC(=O)N2)C(=O)Nc2ccc(C(C)(C)C)cc2)cc1. The number of methoxy groups -OCH3 is 1. The number of benzene rings is 2. The van der Waals surface area contributed by atoms with Gasteiger partial charge in [-0.05, 0) is 47.2 Å². The lowest BCUT2D eigenvalue weighted by Gasteiger charge is -2.22. The first-order chi connectivity index (χ1) is 14.7. The Bertz CT molecular complexity index is 946. The molecule has 164 valence electrons. The topological polar surface area (TPSA) is 96.5 Å². The second-order valence-corrected chi connectivity index (χ2v) is 8.69. The van der Waals surface area contributed by atoms with Crippen LogP contribution in [0.15, 0.2) is 48.5 Å². The Kier molecular flexibility index (Phi) is 6.63. The van der Waals surface area contributed by atoms with Crippen molar-refractivity contribution in [1.82, 2.24) is 10.6 Å². The van der Waals surface area contributed by atoms with Gasteiger partial charge >= 0.3 is 0 Å². The molecular formula is C24H29N3O4. The van der Waals surface area contributed by atoms with E-state index >= 15 is 0 Å². The maximum Gasteiger partial charge on any atom is 0.251 e. The van der Waals surface area contributed by atoms with Gasteiger partial charge in [0.1, 0.15) is 17.8 Å². The number of hydrogen-bond donors (Lipinski definition) is 3. The molecule has 0 spiro atoms. The maximum absolute atomic E-state index is 13.1. The van der Waals surface area contributed by atoms with E-state index in [-0.39, 0.29) is 23.1 Å². The molecule has 1 aliphatic rings. The number of nitrogens with one attached hydrogen (secondary N) is 3. The van der Waals surface area contributed by atoms with Crippen molar-refractivity contribution in [2.75, 3.05) is 12.4 Å². The highest BCUT2D eigenvalue weighted by atomic mass is 16.5. The van der Waals surface area contributed by atoms with Gasteiger partial charge in [0.05, 0.1) is 7.11 Å². The molecule has 1 unspecified atom stereocenters. The number of rotatable bonds is 6. The molecule has 31 heavy (non-hydrogen) atoms. The Morgan fingerprint density at radius 3 is 2.23 bits per heavy atom. The minimum Gasteiger partial charge on any atom is -0.497 e. The Labute approximate surface area is 182 Å². The maximum atomic E-state index is 13.1. The number of hydrogen-bond acceptors (Lipinski definition) is 4. The molecule has 1 heterocycles. The minimum atomic E-state index is -0.918. The molecule has 0 saturated carbocycles. The van der Waals surface area contributed by atoms with Crippen LogP contribution in [0.25, 0.3) is 0 Å². The molecule has 3 rings (SSSR count). The van der Waals surface area contributed by atoms with E-state index in [9.17, 15) is 14.4 Å². The molecule has 0 radical (unpaired) electrons. The number of anilines is 1. The highest BCUT2D eigenvalue weighted by Gasteiger charge is 2.31. The molecule has 0 aliphatic carbocycles. The van der Waals surface area contributed by atoms with Crippen molar-refractivity contribution in [3.8, 4) is 5.75 Å². The van der Waals surface area contributed by atoms with E-state index in [2.05, 4.69) is 36.7 Å². The van der Waals surface area contributed by atoms with E-state index in [0.717, 1.165) is 5.56 Å². The predicted molar refractivity (Wildman–Crippen MR) is 119 cm³/mol. The fourth-order valence-electron chi connectivity index (χ4n) is 3.42. The average molecular weight is 424 g/mol. The van der Waals surface area contributed by atoms with E-state index in [4.69, 9.17) is 4.74 Å². The lowest BCUT2D eigenvalue weighted by Crippen LogP contribution is -2.46. The highest BCUT2D eigenvalue weighted by molar-refractivity contribution is 5.99. The van der Waals surface area contributed by atoms with Crippen molar-refractivity contribution < 1.29 is 19.1 Å². The lowest BCUT2D eigenvalue weighted by atomic mass is 9.87. The molecular weight excluding hydrogens is 394 g/mol. The van der Waals surface area contributed by atoms with Crippen LogP contribution in [0.2, 0.25) is 0 Å². The van der Waals surface area contributed by atoms with Gasteiger partial charge in [-0.1, -0.05) is 45.0 Å². The van der Waals surface area contributed by atoms with Crippen LogP contribution < -0.4 is 20.7 Å². The van der Waals surface area contributed by atoms with Gasteiger partial charge in [0.15, 0.2) is 0 Å². The predicted octanol–water partition coefficient (Wildman–Crippen LogP) is 3.07. The Morgan fingerprint density at radius 1 is 1.06 bits per heavy atom. The molecule has 2 atom stereocenters. The van der Waals surface area contributed by atoms with E-state index in [1.54, 1.807) is 31.4 Å². The van der Waals surface area contributed by atoms with Crippen LogP contribution in [-0.2, 0) is 19.8 Å². The summed E-state index contributed by atoms with van der Waals surface area (Å²) in [7, 11) is 1.56. The summed E-state index contributed by atoms with van der Waals surface area (Å²) in [4.78, 5) is 37.3. The number of carbonyl (C=O) groups excluding carboxylic acids is 3. The molecule has 2 aromatic carbocycles.